The Morgan fingerprint density at radius 3 is 2.28 bits per heavy atom. The Hall–Kier alpha value is -4.53. The van der Waals surface area contributed by atoms with Crippen molar-refractivity contribution in [2.24, 2.45) is 0 Å². The molecule has 0 aliphatic rings. The lowest BCUT2D eigenvalue weighted by molar-refractivity contribution is -0.384. The third-order valence-corrected chi connectivity index (χ3v) is 4.36. The largest absolute Gasteiger partial charge is 0.496 e. The molecule has 162 valence electrons. The number of nitro benzene ring substituents is 1. The summed E-state index contributed by atoms with van der Waals surface area (Å²) in [6, 6.07) is 17.1. The van der Waals surface area contributed by atoms with Gasteiger partial charge < -0.3 is 15.4 Å². The van der Waals surface area contributed by atoms with Crippen LogP contribution in [0.1, 0.15) is 15.9 Å². The molecule has 0 unspecified atom stereocenters. The van der Waals surface area contributed by atoms with E-state index in [1.807, 2.05) is 0 Å². The van der Waals surface area contributed by atoms with Gasteiger partial charge in [0.2, 0.25) is 0 Å². The van der Waals surface area contributed by atoms with E-state index in [4.69, 9.17) is 4.74 Å². The van der Waals surface area contributed by atoms with Crippen LogP contribution in [-0.4, -0.2) is 23.8 Å². The van der Waals surface area contributed by atoms with Gasteiger partial charge in [0.25, 0.3) is 17.5 Å². The van der Waals surface area contributed by atoms with Crippen molar-refractivity contribution < 1.29 is 23.6 Å². The van der Waals surface area contributed by atoms with E-state index in [1.54, 1.807) is 18.2 Å². The second kappa shape index (κ2) is 9.98. The first-order valence-corrected chi connectivity index (χ1v) is 9.35. The number of non-ortho nitro benzene ring substituents is 1. The molecule has 2 amide bonds. The molecule has 0 aromatic heterocycles. The number of nitro groups is 1. The third kappa shape index (κ3) is 5.54. The molecule has 8 nitrogen and oxygen atoms in total. The zero-order valence-corrected chi connectivity index (χ0v) is 16.9. The minimum atomic E-state index is -0.668. The molecule has 9 heteroatoms. The summed E-state index contributed by atoms with van der Waals surface area (Å²) in [5.74, 6) is -1.41. The Kier molecular flexibility index (Phi) is 6.92. The summed E-state index contributed by atoms with van der Waals surface area (Å²) in [5, 5.41) is 16.0. The van der Waals surface area contributed by atoms with Gasteiger partial charge in [-0.3, -0.25) is 19.7 Å². The van der Waals surface area contributed by atoms with Crippen molar-refractivity contribution in [3.63, 3.8) is 0 Å². The maximum absolute atomic E-state index is 13.1. The smallest absolute Gasteiger partial charge is 0.272 e. The van der Waals surface area contributed by atoms with Gasteiger partial charge in [-0.05, 0) is 60.2 Å². The van der Waals surface area contributed by atoms with Crippen molar-refractivity contribution >= 4 is 29.3 Å². The summed E-state index contributed by atoms with van der Waals surface area (Å²) >= 11 is 0. The molecule has 3 aromatic carbocycles. The monoisotopic (exact) mass is 435 g/mol. The van der Waals surface area contributed by atoms with Gasteiger partial charge in [-0.1, -0.05) is 12.1 Å². The highest BCUT2D eigenvalue weighted by Gasteiger charge is 2.18. The summed E-state index contributed by atoms with van der Waals surface area (Å²) in [6.45, 7) is 0. The number of ether oxygens (including phenoxy) is 1. The molecule has 3 rings (SSSR count). The Labute approximate surface area is 182 Å². The van der Waals surface area contributed by atoms with E-state index >= 15 is 0 Å². The second-order valence-electron chi connectivity index (χ2n) is 6.52. The number of methoxy groups -OCH3 is 1. The number of carbonyl (C=O) groups excluding carboxylic acids is 2. The van der Waals surface area contributed by atoms with Gasteiger partial charge in [0.05, 0.1) is 17.6 Å². The lowest BCUT2D eigenvalue weighted by Crippen LogP contribution is -2.31. The van der Waals surface area contributed by atoms with Gasteiger partial charge in [-0.25, -0.2) is 4.39 Å². The zero-order chi connectivity index (χ0) is 23.1. The average Bonchev–Trinajstić information content (AvgIpc) is 2.80. The van der Waals surface area contributed by atoms with E-state index in [9.17, 15) is 24.1 Å². The number of hydrogen-bond donors (Lipinski definition) is 2. The Morgan fingerprint density at radius 1 is 1.00 bits per heavy atom. The molecule has 32 heavy (non-hydrogen) atoms. The number of rotatable bonds is 7. The molecule has 0 saturated carbocycles. The summed E-state index contributed by atoms with van der Waals surface area (Å²) in [5.41, 5.74) is 0.730. The summed E-state index contributed by atoms with van der Waals surface area (Å²) in [4.78, 5) is 36.0. The topological polar surface area (TPSA) is 111 Å². The van der Waals surface area contributed by atoms with Gasteiger partial charge in [0.1, 0.15) is 17.3 Å². The molecular weight excluding hydrogens is 417 g/mol. The number of hydrogen-bond acceptors (Lipinski definition) is 5. The third-order valence-electron chi connectivity index (χ3n) is 4.36. The van der Waals surface area contributed by atoms with Crippen LogP contribution in [0.15, 0.2) is 78.5 Å². The Balaban J connectivity index is 1.92. The van der Waals surface area contributed by atoms with Crippen LogP contribution in [0.5, 0.6) is 5.75 Å². The number of benzene rings is 3. The van der Waals surface area contributed by atoms with Crippen molar-refractivity contribution in [2.75, 3.05) is 12.4 Å². The van der Waals surface area contributed by atoms with Crippen LogP contribution in [0, 0.1) is 15.9 Å². The maximum atomic E-state index is 13.1. The van der Waals surface area contributed by atoms with Crippen molar-refractivity contribution in [3.8, 4) is 5.75 Å². The van der Waals surface area contributed by atoms with Crippen LogP contribution in [0.2, 0.25) is 0 Å². The summed E-state index contributed by atoms with van der Waals surface area (Å²) < 4.78 is 18.3. The number of nitrogens with zero attached hydrogens (tertiary/aromatic N) is 1. The van der Waals surface area contributed by atoms with Crippen LogP contribution in [-0.2, 0) is 4.79 Å². The fourth-order valence-electron chi connectivity index (χ4n) is 2.77. The van der Waals surface area contributed by atoms with Crippen molar-refractivity contribution in [2.45, 2.75) is 0 Å². The molecule has 0 radical (unpaired) electrons. The first-order valence-electron chi connectivity index (χ1n) is 9.35. The van der Waals surface area contributed by atoms with Crippen molar-refractivity contribution in [1.29, 1.82) is 0 Å². The van der Waals surface area contributed by atoms with Crippen molar-refractivity contribution in [1.82, 2.24) is 5.32 Å². The average molecular weight is 435 g/mol. The van der Waals surface area contributed by atoms with Crippen LogP contribution < -0.4 is 15.4 Å². The molecule has 0 atom stereocenters. The number of carbonyl (C=O) groups is 2. The van der Waals surface area contributed by atoms with E-state index in [2.05, 4.69) is 10.6 Å². The molecule has 0 aliphatic heterocycles. The van der Waals surface area contributed by atoms with E-state index < -0.39 is 22.6 Å². The number of halogens is 1. The molecule has 2 N–H and O–H groups in total. The standard InChI is InChI=1S/C23H18FN3O5/c1-32-21-5-3-2-4-19(21)22(28)26-20(14-15-6-12-18(13-7-15)27(30)31)23(29)25-17-10-8-16(24)9-11-17/h2-14H,1H3,(H,25,29)(H,26,28)/b20-14-. The lowest BCUT2D eigenvalue weighted by atomic mass is 10.1. The second-order valence-corrected chi connectivity index (χ2v) is 6.52. The van der Waals surface area contributed by atoms with E-state index in [0.717, 1.165) is 0 Å². The highest BCUT2D eigenvalue weighted by molar-refractivity contribution is 6.11. The van der Waals surface area contributed by atoms with Crippen molar-refractivity contribution in [3.05, 3.63) is 106 Å². The van der Waals surface area contributed by atoms with E-state index in [1.165, 1.54) is 67.8 Å². The first-order chi connectivity index (χ1) is 15.4. The predicted octanol–water partition coefficient (Wildman–Crippen LogP) is 4.15. The Bertz CT molecular complexity index is 1170. The number of nitrogens with one attached hydrogen (secondary N) is 2. The molecule has 0 bridgehead atoms. The molecule has 0 heterocycles. The van der Waals surface area contributed by atoms with Gasteiger partial charge in [0.15, 0.2) is 0 Å². The predicted molar refractivity (Wildman–Crippen MR) is 117 cm³/mol. The van der Waals surface area contributed by atoms with Gasteiger partial charge >= 0.3 is 0 Å². The van der Waals surface area contributed by atoms with Gasteiger partial charge in [-0.2, -0.15) is 0 Å². The number of para-hydroxylation sites is 1. The molecule has 0 fully saturated rings. The number of anilines is 1. The quantitative estimate of drug-likeness (QED) is 0.329. The highest BCUT2D eigenvalue weighted by atomic mass is 19.1. The number of amides is 2. The minimum absolute atomic E-state index is 0.113. The fraction of sp³-hybridized carbons (Fsp3) is 0.0435. The van der Waals surface area contributed by atoms with Gasteiger partial charge in [-0.15, -0.1) is 0 Å². The highest BCUT2D eigenvalue weighted by Crippen LogP contribution is 2.19. The van der Waals surface area contributed by atoms with Crippen LogP contribution in [0.25, 0.3) is 6.08 Å². The van der Waals surface area contributed by atoms with E-state index in [-0.39, 0.29) is 16.9 Å². The fourth-order valence-corrected chi connectivity index (χ4v) is 2.77. The lowest BCUT2D eigenvalue weighted by Gasteiger charge is -2.13. The molecule has 0 aliphatic carbocycles. The Morgan fingerprint density at radius 2 is 1.66 bits per heavy atom. The molecule has 0 saturated heterocycles. The maximum Gasteiger partial charge on any atom is 0.272 e. The molecular formula is C23H18FN3O5. The van der Waals surface area contributed by atoms with E-state index in [0.29, 0.717) is 17.0 Å². The summed E-state index contributed by atoms with van der Waals surface area (Å²) in [7, 11) is 1.42. The van der Waals surface area contributed by atoms with Crippen LogP contribution >= 0.6 is 0 Å². The first kappa shape index (κ1) is 22.2. The minimum Gasteiger partial charge on any atom is -0.496 e. The molecule has 3 aromatic rings. The van der Waals surface area contributed by atoms with Crippen LogP contribution in [0.3, 0.4) is 0 Å². The van der Waals surface area contributed by atoms with Crippen LogP contribution in [0.4, 0.5) is 15.8 Å². The SMILES string of the molecule is COc1ccccc1C(=O)N/C(=C\c1ccc([N+](=O)[O-])cc1)C(=O)Nc1ccc(F)cc1. The van der Waals surface area contributed by atoms with Gasteiger partial charge in [0, 0.05) is 17.8 Å². The summed E-state index contributed by atoms with van der Waals surface area (Å²) in [6.07, 6.45) is 1.37. The zero-order valence-electron chi connectivity index (χ0n) is 16.9. The molecule has 0 spiro atoms. The normalized spacial score (nSPS) is 10.9.